The third kappa shape index (κ3) is 7.26. The molecule has 0 aliphatic heterocycles. The normalized spacial score (nSPS) is 10.1. The Bertz CT molecular complexity index is 1150. The number of carbonyl (C=O) groups is 3. The van der Waals surface area contributed by atoms with Crippen LogP contribution in [0.15, 0.2) is 78.9 Å². The molecule has 3 aromatic rings. The molecule has 7 nitrogen and oxygen atoms in total. The molecule has 33 heavy (non-hydrogen) atoms. The summed E-state index contributed by atoms with van der Waals surface area (Å²) in [5, 5.41) is 5.34. The van der Waals surface area contributed by atoms with Crippen molar-refractivity contribution < 1.29 is 14.4 Å². The number of hydrazine groups is 1. The van der Waals surface area contributed by atoms with Gasteiger partial charge >= 0.3 is 0 Å². The number of thiocarbonyl (C=S) groups is 1. The first kappa shape index (κ1) is 23.6. The average Bonchev–Trinajstić information content (AvgIpc) is 2.82. The third-order valence-corrected chi connectivity index (χ3v) is 5.02. The Hall–Kier alpha value is -4.04. The first-order valence-electron chi connectivity index (χ1n) is 10.3. The van der Waals surface area contributed by atoms with Gasteiger partial charge in [0.05, 0.1) is 0 Å². The summed E-state index contributed by atoms with van der Waals surface area (Å²) in [6.45, 7) is 1.87. The molecule has 0 fully saturated rings. The van der Waals surface area contributed by atoms with Crippen molar-refractivity contribution in [3.05, 3.63) is 101 Å². The molecular weight excluding hydrogens is 436 g/mol. The Morgan fingerprint density at radius 1 is 0.788 bits per heavy atom. The highest BCUT2D eigenvalue weighted by Gasteiger charge is 2.11. The molecule has 4 N–H and O–H groups in total. The van der Waals surface area contributed by atoms with Gasteiger partial charge in [0.15, 0.2) is 5.11 Å². The van der Waals surface area contributed by atoms with Crippen LogP contribution in [0.1, 0.15) is 38.3 Å². The number of anilines is 1. The monoisotopic (exact) mass is 460 g/mol. The van der Waals surface area contributed by atoms with Crippen molar-refractivity contribution in [3.63, 3.8) is 0 Å². The zero-order valence-corrected chi connectivity index (χ0v) is 18.9. The van der Waals surface area contributed by atoms with Gasteiger partial charge in [-0.1, -0.05) is 48.5 Å². The number of amides is 3. The maximum Gasteiger partial charge on any atom is 0.269 e. The van der Waals surface area contributed by atoms with Crippen molar-refractivity contribution in [2.45, 2.75) is 19.8 Å². The Kier molecular flexibility index (Phi) is 8.26. The summed E-state index contributed by atoms with van der Waals surface area (Å²) in [6, 6.07) is 23.4. The zero-order chi connectivity index (χ0) is 23.6. The molecule has 0 spiro atoms. The van der Waals surface area contributed by atoms with Crippen molar-refractivity contribution in [3.8, 4) is 0 Å². The van der Waals surface area contributed by atoms with Crippen LogP contribution in [-0.2, 0) is 11.2 Å². The van der Waals surface area contributed by atoms with E-state index in [1.165, 1.54) is 0 Å². The largest absolute Gasteiger partial charge is 0.322 e. The average molecular weight is 461 g/mol. The summed E-state index contributed by atoms with van der Waals surface area (Å²) in [4.78, 5) is 36.7. The Balaban J connectivity index is 1.43. The van der Waals surface area contributed by atoms with Crippen LogP contribution in [-0.4, -0.2) is 22.8 Å². The Morgan fingerprint density at radius 2 is 1.45 bits per heavy atom. The second-order valence-electron chi connectivity index (χ2n) is 7.29. The molecule has 0 heterocycles. The molecule has 0 saturated heterocycles. The van der Waals surface area contributed by atoms with Gasteiger partial charge < -0.3 is 10.6 Å². The number of aryl methyl sites for hydroxylation is 2. The molecular formula is C25H24N4O3S. The molecule has 0 unspecified atom stereocenters. The predicted molar refractivity (Wildman–Crippen MR) is 132 cm³/mol. The molecule has 0 aromatic heterocycles. The number of benzene rings is 3. The summed E-state index contributed by atoms with van der Waals surface area (Å²) in [5.41, 5.74) is 8.39. The van der Waals surface area contributed by atoms with E-state index in [1.807, 2.05) is 49.4 Å². The number of rotatable bonds is 6. The minimum absolute atomic E-state index is 0.00326. The highest BCUT2D eigenvalue weighted by molar-refractivity contribution is 7.80. The van der Waals surface area contributed by atoms with Gasteiger partial charge in [-0.15, -0.1) is 0 Å². The lowest BCUT2D eigenvalue weighted by molar-refractivity contribution is -0.119. The number of carbonyl (C=O) groups excluding carboxylic acids is 3. The first-order chi connectivity index (χ1) is 15.9. The fourth-order valence-corrected chi connectivity index (χ4v) is 3.20. The summed E-state index contributed by atoms with van der Waals surface area (Å²) >= 11 is 5.05. The van der Waals surface area contributed by atoms with E-state index >= 15 is 0 Å². The van der Waals surface area contributed by atoms with Gasteiger partial charge in [0.1, 0.15) is 0 Å². The van der Waals surface area contributed by atoms with Crippen LogP contribution < -0.4 is 21.5 Å². The molecule has 3 amide bonds. The maximum atomic E-state index is 12.4. The van der Waals surface area contributed by atoms with E-state index in [0.717, 1.165) is 11.1 Å². The minimum Gasteiger partial charge on any atom is -0.322 e. The Labute approximate surface area is 197 Å². The second kappa shape index (κ2) is 11.5. The SMILES string of the molecule is Cc1ccccc1C(=O)Nc1ccc(C(=O)NNC(=S)NC(=O)CCc2ccccc2)cc1. The van der Waals surface area contributed by atoms with Crippen LogP contribution in [0.3, 0.4) is 0 Å². The fraction of sp³-hybridized carbons (Fsp3) is 0.120. The third-order valence-electron chi connectivity index (χ3n) is 4.82. The van der Waals surface area contributed by atoms with E-state index in [2.05, 4.69) is 21.5 Å². The number of hydrogen-bond acceptors (Lipinski definition) is 4. The lowest BCUT2D eigenvalue weighted by Crippen LogP contribution is -2.48. The van der Waals surface area contributed by atoms with E-state index in [9.17, 15) is 14.4 Å². The summed E-state index contributed by atoms with van der Waals surface area (Å²) < 4.78 is 0. The van der Waals surface area contributed by atoms with E-state index in [1.54, 1.807) is 36.4 Å². The quantitative estimate of drug-likeness (QED) is 0.333. The van der Waals surface area contributed by atoms with Crippen LogP contribution >= 0.6 is 12.2 Å². The smallest absolute Gasteiger partial charge is 0.269 e. The van der Waals surface area contributed by atoms with Crippen LogP contribution in [0.4, 0.5) is 5.69 Å². The molecule has 3 aromatic carbocycles. The van der Waals surface area contributed by atoms with Gasteiger partial charge in [0.2, 0.25) is 5.91 Å². The number of hydrogen-bond donors (Lipinski definition) is 4. The van der Waals surface area contributed by atoms with Gasteiger partial charge in [-0.3, -0.25) is 25.2 Å². The molecule has 168 valence electrons. The topological polar surface area (TPSA) is 99.3 Å². The van der Waals surface area contributed by atoms with Gasteiger partial charge in [-0.25, -0.2) is 0 Å². The molecule has 0 bridgehead atoms. The van der Waals surface area contributed by atoms with Crippen LogP contribution in [0.5, 0.6) is 0 Å². The van der Waals surface area contributed by atoms with Crippen LogP contribution in [0, 0.1) is 6.92 Å². The fourth-order valence-electron chi connectivity index (χ4n) is 3.04. The van der Waals surface area contributed by atoms with E-state index < -0.39 is 5.91 Å². The van der Waals surface area contributed by atoms with Crippen molar-refractivity contribution in [2.24, 2.45) is 0 Å². The molecule has 3 rings (SSSR count). The zero-order valence-electron chi connectivity index (χ0n) is 18.1. The molecule has 8 heteroatoms. The summed E-state index contributed by atoms with van der Waals surface area (Å²) in [5.74, 6) is -0.910. The highest BCUT2D eigenvalue weighted by Crippen LogP contribution is 2.13. The van der Waals surface area contributed by atoms with Gasteiger partial charge in [0.25, 0.3) is 11.8 Å². The minimum atomic E-state index is -0.437. The summed E-state index contributed by atoms with van der Waals surface area (Å²) in [6.07, 6.45) is 0.865. The van der Waals surface area contributed by atoms with Crippen molar-refractivity contribution in [1.82, 2.24) is 16.2 Å². The van der Waals surface area contributed by atoms with E-state index in [0.29, 0.717) is 23.2 Å². The molecule has 0 aliphatic carbocycles. The van der Waals surface area contributed by atoms with Crippen molar-refractivity contribution in [2.75, 3.05) is 5.32 Å². The molecule has 0 atom stereocenters. The number of nitrogens with one attached hydrogen (secondary N) is 4. The van der Waals surface area contributed by atoms with Crippen LogP contribution in [0.25, 0.3) is 0 Å². The van der Waals surface area contributed by atoms with Gasteiger partial charge in [-0.2, -0.15) is 0 Å². The predicted octanol–water partition coefficient (Wildman–Crippen LogP) is 3.52. The van der Waals surface area contributed by atoms with E-state index in [4.69, 9.17) is 12.2 Å². The molecule has 0 saturated carbocycles. The lowest BCUT2D eigenvalue weighted by atomic mass is 10.1. The van der Waals surface area contributed by atoms with Crippen molar-refractivity contribution in [1.29, 1.82) is 0 Å². The van der Waals surface area contributed by atoms with Crippen LogP contribution in [0.2, 0.25) is 0 Å². The van der Waals surface area contributed by atoms with Gasteiger partial charge in [0, 0.05) is 23.2 Å². The lowest BCUT2D eigenvalue weighted by Gasteiger charge is -2.11. The van der Waals surface area contributed by atoms with Crippen molar-refractivity contribution >= 4 is 40.7 Å². The maximum absolute atomic E-state index is 12.4. The second-order valence-corrected chi connectivity index (χ2v) is 7.70. The Morgan fingerprint density at radius 3 is 2.15 bits per heavy atom. The van der Waals surface area contributed by atoms with Gasteiger partial charge in [-0.05, 0) is 67.0 Å². The molecule has 0 aliphatic rings. The highest BCUT2D eigenvalue weighted by atomic mass is 32.1. The standard InChI is InChI=1S/C25H24N4O3S/c1-17-7-5-6-10-21(17)24(32)26-20-14-12-19(13-15-20)23(31)28-29-25(33)27-22(30)16-11-18-8-3-2-4-9-18/h2-10,12-15H,11,16H2,1H3,(H,26,32)(H,28,31)(H2,27,29,30,33). The molecule has 0 radical (unpaired) electrons. The summed E-state index contributed by atoms with van der Waals surface area (Å²) in [7, 11) is 0. The first-order valence-corrected chi connectivity index (χ1v) is 10.7. The van der Waals surface area contributed by atoms with E-state index in [-0.39, 0.29) is 23.3 Å².